The van der Waals surface area contributed by atoms with Gasteiger partial charge in [-0.25, -0.2) is 0 Å². The quantitative estimate of drug-likeness (QED) is 0.549. The molecule has 34 heavy (non-hydrogen) atoms. The van der Waals surface area contributed by atoms with E-state index >= 15 is 0 Å². The number of carbonyl (C=O) groups is 2. The lowest BCUT2D eigenvalue weighted by Gasteiger charge is -2.47. The van der Waals surface area contributed by atoms with Crippen LogP contribution in [0.4, 0.5) is 0 Å². The van der Waals surface area contributed by atoms with Crippen LogP contribution in [0.1, 0.15) is 35.6 Å². The Hall–Kier alpha value is -3.31. The number of carbonyl (C=O) groups excluding carboxylic acids is 2. The fraction of sp³-hybridized carbons (Fsp3) is 0.286. The third-order valence-corrected chi connectivity index (χ3v) is 7.86. The van der Waals surface area contributed by atoms with Crippen molar-refractivity contribution in [1.82, 2.24) is 9.80 Å². The third-order valence-electron chi connectivity index (χ3n) is 7.63. The second kappa shape index (κ2) is 7.88. The molecule has 0 unspecified atom stereocenters. The van der Waals surface area contributed by atoms with E-state index in [1.807, 2.05) is 72.5 Å². The molecule has 3 heterocycles. The summed E-state index contributed by atoms with van der Waals surface area (Å²) in [5.41, 5.74) is 1.90. The summed E-state index contributed by atoms with van der Waals surface area (Å²) in [6, 6.07) is 25.2. The summed E-state index contributed by atoms with van der Waals surface area (Å²) in [7, 11) is 0. The minimum Gasteiger partial charge on any atom is -0.493 e. The molecule has 0 spiro atoms. The van der Waals surface area contributed by atoms with Crippen LogP contribution in [-0.4, -0.2) is 40.3 Å². The van der Waals surface area contributed by atoms with E-state index in [2.05, 4.69) is 12.1 Å². The molecule has 3 aromatic carbocycles. The Kier molecular flexibility index (Phi) is 4.92. The van der Waals surface area contributed by atoms with Gasteiger partial charge >= 0.3 is 0 Å². The minimum atomic E-state index is -1.03. The van der Waals surface area contributed by atoms with Crippen molar-refractivity contribution in [3.63, 3.8) is 0 Å². The van der Waals surface area contributed by atoms with Crippen LogP contribution in [0.25, 0.3) is 0 Å². The van der Waals surface area contributed by atoms with Crippen LogP contribution in [0.15, 0.2) is 78.9 Å². The topological polar surface area (TPSA) is 49.9 Å². The first-order chi connectivity index (χ1) is 16.5. The molecule has 172 valence electrons. The standard InChI is InChI=1S/C28H25ClN2O3/c1-28-25(19-10-6-3-7-11-19)22-17-34-23-13-12-20(29)14-21(23)26(22)31(28)24(32)16-30(27(28)33)15-18-8-4-2-5-9-18/h2-14,22,25-26H,15-17H2,1H3/t22-,25+,26+,28-/m1/s1. The maximum absolute atomic E-state index is 14.2. The zero-order valence-corrected chi connectivity index (χ0v) is 19.6. The maximum atomic E-state index is 14.2. The number of fused-ring (bicyclic) bond motifs is 5. The molecule has 0 saturated carbocycles. The summed E-state index contributed by atoms with van der Waals surface area (Å²) < 4.78 is 6.17. The highest BCUT2D eigenvalue weighted by atomic mass is 35.5. The minimum absolute atomic E-state index is 0.0252. The molecule has 3 aliphatic heterocycles. The Morgan fingerprint density at radius 1 is 1.00 bits per heavy atom. The molecule has 4 atom stereocenters. The summed E-state index contributed by atoms with van der Waals surface area (Å²) in [5.74, 6) is 0.388. The van der Waals surface area contributed by atoms with Crippen LogP contribution in [0.2, 0.25) is 5.02 Å². The molecule has 2 fully saturated rings. The van der Waals surface area contributed by atoms with Gasteiger partial charge in [0.2, 0.25) is 11.8 Å². The molecule has 0 aliphatic carbocycles. The van der Waals surface area contributed by atoms with Crippen LogP contribution >= 0.6 is 11.6 Å². The number of hydrogen-bond donors (Lipinski definition) is 0. The molecule has 0 N–H and O–H groups in total. The highest BCUT2D eigenvalue weighted by Gasteiger charge is 2.66. The number of nitrogens with zero attached hydrogens (tertiary/aromatic N) is 2. The second-order valence-electron chi connectivity index (χ2n) is 9.55. The van der Waals surface area contributed by atoms with E-state index < -0.39 is 5.54 Å². The van der Waals surface area contributed by atoms with Crippen molar-refractivity contribution in [2.75, 3.05) is 13.2 Å². The Morgan fingerprint density at radius 3 is 2.44 bits per heavy atom. The summed E-state index contributed by atoms with van der Waals surface area (Å²) in [4.78, 5) is 31.6. The summed E-state index contributed by atoms with van der Waals surface area (Å²) >= 11 is 6.37. The zero-order valence-electron chi connectivity index (χ0n) is 18.9. The van der Waals surface area contributed by atoms with Crippen molar-refractivity contribution in [2.45, 2.75) is 31.0 Å². The van der Waals surface area contributed by atoms with Crippen LogP contribution in [0, 0.1) is 5.92 Å². The lowest BCUT2D eigenvalue weighted by atomic mass is 9.73. The number of amides is 2. The summed E-state index contributed by atoms with van der Waals surface area (Å²) in [6.45, 7) is 2.84. The SMILES string of the molecule is C[C@@]12C(=O)N(Cc3ccccc3)CC(=O)N1[C@H]1c3cc(Cl)ccc3OC[C@@H]1[C@@H]2c1ccccc1. The first-order valence-electron chi connectivity index (χ1n) is 11.6. The largest absolute Gasteiger partial charge is 0.493 e. The third kappa shape index (κ3) is 3.07. The molecule has 6 heteroatoms. The van der Waals surface area contributed by atoms with Gasteiger partial charge in [0.25, 0.3) is 0 Å². The average Bonchev–Trinajstić information content (AvgIpc) is 3.14. The first kappa shape index (κ1) is 21.2. The fourth-order valence-electron chi connectivity index (χ4n) is 6.30. The van der Waals surface area contributed by atoms with E-state index in [0.29, 0.717) is 18.2 Å². The number of rotatable bonds is 3. The van der Waals surface area contributed by atoms with Gasteiger partial charge in [-0.2, -0.15) is 0 Å². The molecule has 3 aromatic rings. The molecule has 0 aromatic heterocycles. The molecular weight excluding hydrogens is 448 g/mol. The van der Waals surface area contributed by atoms with E-state index in [4.69, 9.17) is 16.3 Å². The Bertz CT molecular complexity index is 1270. The second-order valence-corrected chi connectivity index (χ2v) is 9.98. The Labute approximate surface area is 203 Å². The first-order valence-corrected chi connectivity index (χ1v) is 12.0. The van der Waals surface area contributed by atoms with Gasteiger partial charge in [-0.15, -0.1) is 0 Å². The predicted molar refractivity (Wildman–Crippen MR) is 129 cm³/mol. The fourth-order valence-corrected chi connectivity index (χ4v) is 6.48. The molecule has 0 bridgehead atoms. The molecule has 5 nitrogen and oxygen atoms in total. The van der Waals surface area contributed by atoms with Crippen molar-refractivity contribution in [2.24, 2.45) is 5.92 Å². The monoisotopic (exact) mass is 472 g/mol. The number of piperazine rings is 1. The normalized spacial score (nSPS) is 27.6. The van der Waals surface area contributed by atoms with Gasteiger partial charge < -0.3 is 14.5 Å². The summed E-state index contributed by atoms with van der Waals surface area (Å²) in [5, 5.41) is 0.592. The van der Waals surface area contributed by atoms with Crippen molar-refractivity contribution in [1.29, 1.82) is 0 Å². The van der Waals surface area contributed by atoms with E-state index in [0.717, 1.165) is 22.4 Å². The lowest BCUT2D eigenvalue weighted by Crippen LogP contribution is -2.65. The average molecular weight is 473 g/mol. The number of hydrogen-bond acceptors (Lipinski definition) is 3. The predicted octanol–water partition coefficient (Wildman–Crippen LogP) is 4.82. The molecule has 6 rings (SSSR count). The number of benzene rings is 3. The van der Waals surface area contributed by atoms with Crippen LogP contribution in [0.5, 0.6) is 5.75 Å². The van der Waals surface area contributed by atoms with Gasteiger partial charge in [-0.3, -0.25) is 9.59 Å². The molecule has 2 amide bonds. The van der Waals surface area contributed by atoms with E-state index in [9.17, 15) is 9.59 Å². The number of ether oxygens (including phenoxy) is 1. The molecule has 2 saturated heterocycles. The van der Waals surface area contributed by atoms with Crippen molar-refractivity contribution >= 4 is 23.4 Å². The van der Waals surface area contributed by atoms with Gasteiger partial charge in [0.1, 0.15) is 17.8 Å². The van der Waals surface area contributed by atoms with Crippen LogP contribution < -0.4 is 4.74 Å². The van der Waals surface area contributed by atoms with Gasteiger partial charge in [0.15, 0.2) is 0 Å². The van der Waals surface area contributed by atoms with E-state index in [1.165, 1.54) is 0 Å². The van der Waals surface area contributed by atoms with Gasteiger partial charge in [-0.1, -0.05) is 72.3 Å². The van der Waals surface area contributed by atoms with E-state index in [-0.39, 0.29) is 36.2 Å². The van der Waals surface area contributed by atoms with Crippen molar-refractivity contribution in [3.8, 4) is 5.75 Å². The molecule has 0 radical (unpaired) electrons. The highest BCUT2D eigenvalue weighted by Crippen LogP contribution is 2.60. The van der Waals surface area contributed by atoms with Crippen LogP contribution in [0.3, 0.4) is 0 Å². The van der Waals surface area contributed by atoms with Gasteiger partial charge in [-0.05, 0) is 36.2 Å². The Morgan fingerprint density at radius 2 is 1.71 bits per heavy atom. The van der Waals surface area contributed by atoms with Gasteiger partial charge in [0, 0.05) is 29.0 Å². The molecule has 3 aliphatic rings. The Balaban J connectivity index is 1.50. The summed E-state index contributed by atoms with van der Waals surface area (Å²) in [6.07, 6.45) is 0. The van der Waals surface area contributed by atoms with E-state index in [1.54, 1.807) is 11.0 Å². The van der Waals surface area contributed by atoms with Crippen LogP contribution in [-0.2, 0) is 16.1 Å². The maximum Gasteiger partial charge on any atom is 0.249 e. The van der Waals surface area contributed by atoms with Gasteiger partial charge in [0.05, 0.1) is 12.6 Å². The smallest absolute Gasteiger partial charge is 0.249 e. The zero-order chi connectivity index (χ0) is 23.4. The lowest BCUT2D eigenvalue weighted by molar-refractivity contribution is -0.164. The number of halogens is 1. The van der Waals surface area contributed by atoms with Crippen molar-refractivity contribution in [3.05, 3.63) is 101 Å². The van der Waals surface area contributed by atoms with Crippen molar-refractivity contribution < 1.29 is 14.3 Å². The molecular formula is C28H25ClN2O3. The highest BCUT2D eigenvalue weighted by molar-refractivity contribution is 6.30.